The molecule has 2 heterocycles. The van der Waals surface area contributed by atoms with Crippen LogP contribution in [0.5, 0.6) is 0 Å². The second kappa shape index (κ2) is 4.97. The van der Waals surface area contributed by atoms with Crippen LogP contribution >= 0.6 is 11.6 Å². The normalized spacial score (nSPS) is 11.4. The lowest BCUT2D eigenvalue weighted by Crippen LogP contribution is -2.15. The maximum Gasteiger partial charge on any atom is 0.417 e. The van der Waals surface area contributed by atoms with Crippen molar-refractivity contribution in [3.05, 3.63) is 58.6 Å². The fourth-order valence-corrected chi connectivity index (χ4v) is 1.71. The number of carbonyl (C=O) groups is 1. The van der Waals surface area contributed by atoms with Crippen LogP contribution < -0.4 is 0 Å². The number of alkyl halides is 3. The minimum Gasteiger partial charge on any atom is -0.287 e. The molecule has 0 saturated carbocycles. The molecule has 0 atom stereocenters. The lowest BCUT2D eigenvalue weighted by Gasteiger charge is -2.11. The maximum atomic E-state index is 12.8. The summed E-state index contributed by atoms with van der Waals surface area (Å²) < 4.78 is 38.4. The summed E-state index contributed by atoms with van der Waals surface area (Å²) in [4.78, 5) is 19.3. The van der Waals surface area contributed by atoms with E-state index in [4.69, 9.17) is 11.6 Å². The van der Waals surface area contributed by atoms with Gasteiger partial charge in [-0.1, -0.05) is 11.6 Å². The third-order valence-electron chi connectivity index (χ3n) is 2.34. The smallest absolute Gasteiger partial charge is 0.287 e. The number of nitrogens with zero attached hydrogens (tertiary/aromatic N) is 2. The predicted octanol–water partition coefficient (Wildman–Crippen LogP) is 3.38. The fraction of sp³-hybridized carbons (Fsp3) is 0.0833. The monoisotopic (exact) mass is 286 g/mol. The van der Waals surface area contributed by atoms with Gasteiger partial charge in [0.1, 0.15) is 5.69 Å². The number of hydrogen-bond donors (Lipinski definition) is 0. The molecule has 0 aliphatic rings. The molecule has 3 nitrogen and oxygen atoms in total. The number of carbonyl (C=O) groups excluding carboxylic acids is 1. The Morgan fingerprint density at radius 1 is 1.21 bits per heavy atom. The Bertz CT molecular complexity index is 628. The number of aromatic nitrogens is 2. The van der Waals surface area contributed by atoms with Gasteiger partial charge >= 0.3 is 6.18 Å². The molecule has 0 aliphatic carbocycles. The summed E-state index contributed by atoms with van der Waals surface area (Å²) in [5.74, 6) is -0.911. The highest BCUT2D eigenvalue weighted by molar-refractivity contribution is 6.34. The van der Waals surface area contributed by atoms with Gasteiger partial charge in [-0.05, 0) is 18.2 Å². The zero-order chi connectivity index (χ0) is 14.0. The van der Waals surface area contributed by atoms with E-state index in [-0.39, 0.29) is 10.7 Å². The van der Waals surface area contributed by atoms with Crippen LogP contribution in [0, 0.1) is 0 Å². The van der Waals surface area contributed by atoms with Gasteiger partial charge in [0.15, 0.2) is 0 Å². The van der Waals surface area contributed by atoms with Gasteiger partial charge in [0.2, 0.25) is 5.78 Å². The van der Waals surface area contributed by atoms with E-state index in [1.54, 1.807) is 0 Å². The molecule has 2 rings (SSSR count). The first kappa shape index (κ1) is 13.5. The van der Waals surface area contributed by atoms with Gasteiger partial charge in [-0.2, -0.15) is 13.2 Å². The van der Waals surface area contributed by atoms with E-state index in [1.807, 2.05) is 0 Å². The van der Waals surface area contributed by atoms with E-state index in [1.165, 1.54) is 18.3 Å². The molecular formula is C12H6ClF3N2O. The number of halogens is 4. The van der Waals surface area contributed by atoms with Crippen molar-refractivity contribution in [3.8, 4) is 0 Å². The number of ketones is 1. The van der Waals surface area contributed by atoms with Crippen molar-refractivity contribution in [3.63, 3.8) is 0 Å². The Morgan fingerprint density at radius 2 is 1.95 bits per heavy atom. The molecule has 0 amide bonds. The molecule has 2 aromatic heterocycles. The van der Waals surface area contributed by atoms with E-state index in [9.17, 15) is 18.0 Å². The van der Waals surface area contributed by atoms with E-state index in [0.29, 0.717) is 0 Å². The Hall–Kier alpha value is -1.95. The molecule has 0 aromatic carbocycles. The standard InChI is InChI=1S/C12H6ClF3N2O/c13-9-2-1-4-18-10(9)11(19)7-6-17-5-3-8(7)12(14,15)16/h1-6H. The quantitative estimate of drug-likeness (QED) is 0.795. The minimum atomic E-state index is -4.64. The number of hydrogen-bond acceptors (Lipinski definition) is 3. The van der Waals surface area contributed by atoms with Crippen molar-refractivity contribution >= 4 is 17.4 Å². The maximum absolute atomic E-state index is 12.8. The highest BCUT2D eigenvalue weighted by Gasteiger charge is 2.35. The van der Waals surface area contributed by atoms with Crippen molar-refractivity contribution in [2.24, 2.45) is 0 Å². The summed E-state index contributed by atoms with van der Waals surface area (Å²) in [5.41, 5.74) is -1.87. The van der Waals surface area contributed by atoms with Crippen molar-refractivity contribution in [2.75, 3.05) is 0 Å². The molecule has 0 unspecified atom stereocenters. The van der Waals surface area contributed by atoms with Gasteiger partial charge < -0.3 is 0 Å². The van der Waals surface area contributed by atoms with Crippen molar-refractivity contribution in [1.29, 1.82) is 0 Å². The molecule has 0 N–H and O–H groups in total. The van der Waals surface area contributed by atoms with Gasteiger partial charge in [0.05, 0.1) is 16.1 Å². The van der Waals surface area contributed by atoms with E-state index in [0.717, 1.165) is 18.5 Å². The summed E-state index contributed by atoms with van der Waals surface area (Å²) in [5, 5.41) is -0.00974. The summed E-state index contributed by atoms with van der Waals surface area (Å²) in [6, 6.07) is 3.60. The SMILES string of the molecule is O=C(c1cnccc1C(F)(F)F)c1ncccc1Cl. The minimum absolute atomic E-state index is 0.00974. The van der Waals surface area contributed by atoms with E-state index >= 15 is 0 Å². The predicted molar refractivity (Wildman–Crippen MR) is 61.9 cm³/mol. The zero-order valence-corrected chi connectivity index (χ0v) is 10.0. The first-order valence-electron chi connectivity index (χ1n) is 5.07. The third kappa shape index (κ3) is 2.73. The summed E-state index contributed by atoms with van der Waals surface area (Å²) in [6.45, 7) is 0. The lowest BCUT2D eigenvalue weighted by molar-refractivity contribution is -0.137. The molecule has 98 valence electrons. The number of pyridine rings is 2. The van der Waals surface area contributed by atoms with Gasteiger partial charge in [-0.25, -0.2) is 0 Å². The zero-order valence-electron chi connectivity index (χ0n) is 9.28. The molecule has 0 radical (unpaired) electrons. The Morgan fingerprint density at radius 3 is 2.58 bits per heavy atom. The van der Waals surface area contributed by atoms with Crippen LogP contribution in [0.1, 0.15) is 21.6 Å². The Balaban J connectivity index is 2.55. The van der Waals surface area contributed by atoms with Crippen molar-refractivity contribution < 1.29 is 18.0 Å². The second-order valence-electron chi connectivity index (χ2n) is 3.58. The van der Waals surface area contributed by atoms with E-state index in [2.05, 4.69) is 9.97 Å². The van der Waals surface area contributed by atoms with Gasteiger partial charge in [-0.3, -0.25) is 14.8 Å². The summed E-state index contributed by atoms with van der Waals surface area (Å²) in [6.07, 6.45) is -1.53. The van der Waals surface area contributed by atoms with Crippen LogP contribution in [-0.2, 0) is 6.18 Å². The number of rotatable bonds is 2. The topological polar surface area (TPSA) is 42.9 Å². The van der Waals surface area contributed by atoms with Crippen molar-refractivity contribution in [2.45, 2.75) is 6.18 Å². The highest BCUT2D eigenvalue weighted by atomic mass is 35.5. The molecule has 2 aromatic rings. The Labute approximate surface area is 111 Å². The van der Waals surface area contributed by atoms with Crippen LogP contribution in [-0.4, -0.2) is 15.8 Å². The highest BCUT2D eigenvalue weighted by Crippen LogP contribution is 2.32. The van der Waals surface area contributed by atoms with Crippen LogP contribution in [0.4, 0.5) is 13.2 Å². The molecule has 0 aliphatic heterocycles. The summed E-state index contributed by atoms with van der Waals surface area (Å²) >= 11 is 5.75. The molecule has 0 bridgehead atoms. The van der Waals surface area contributed by atoms with Gasteiger partial charge in [-0.15, -0.1) is 0 Å². The molecule has 19 heavy (non-hydrogen) atoms. The van der Waals surface area contributed by atoms with Crippen LogP contribution in [0.2, 0.25) is 5.02 Å². The third-order valence-corrected chi connectivity index (χ3v) is 2.65. The average molecular weight is 287 g/mol. The van der Waals surface area contributed by atoms with E-state index < -0.39 is 23.1 Å². The van der Waals surface area contributed by atoms with Crippen LogP contribution in [0.25, 0.3) is 0 Å². The molecular weight excluding hydrogens is 281 g/mol. The fourth-order valence-electron chi connectivity index (χ4n) is 1.50. The molecule has 0 saturated heterocycles. The average Bonchev–Trinajstić information content (AvgIpc) is 2.37. The van der Waals surface area contributed by atoms with Gasteiger partial charge in [0.25, 0.3) is 0 Å². The largest absolute Gasteiger partial charge is 0.417 e. The summed E-state index contributed by atoms with van der Waals surface area (Å²) in [7, 11) is 0. The Kier molecular flexibility index (Phi) is 3.53. The second-order valence-corrected chi connectivity index (χ2v) is 3.99. The van der Waals surface area contributed by atoms with Gasteiger partial charge in [0, 0.05) is 18.6 Å². The molecule has 0 fully saturated rings. The first-order chi connectivity index (χ1) is 8.91. The van der Waals surface area contributed by atoms with Crippen LogP contribution in [0.3, 0.4) is 0 Å². The molecule has 0 spiro atoms. The lowest BCUT2D eigenvalue weighted by atomic mass is 10.0. The molecule has 7 heteroatoms. The first-order valence-corrected chi connectivity index (χ1v) is 5.45. The van der Waals surface area contributed by atoms with Crippen molar-refractivity contribution in [1.82, 2.24) is 9.97 Å². The van der Waals surface area contributed by atoms with Crippen LogP contribution in [0.15, 0.2) is 36.8 Å².